The van der Waals surface area contributed by atoms with Crippen molar-refractivity contribution < 1.29 is 53.8 Å². The van der Waals surface area contributed by atoms with Gasteiger partial charge in [0.2, 0.25) is 0 Å². The number of para-hydroxylation sites is 1. The van der Waals surface area contributed by atoms with Crippen LogP contribution in [0.2, 0.25) is 0 Å². The number of nitrogens with zero attached hydrogens (tertiary/aromatic N) is 3. The van der Waals surface area contributed by atoms with Crippen molar-refractivity contribution in [3.63, 3.8) is 0 Å². The maximum atomic E-state index is 4.40. The zero-order chi connectivity index (χ0) is 8.67. The van der Waals surface area contributed by atoms with Gasteiger partial charge in [0.25, 0.3) is 0 Å². The van der Waals surface area contributed by atoms with Gasteiger partial charge in [-0.25, -0.2) is 0 Å². The van der Waals surface area contributed by atoms with E-state index in [2.05, 4.69) is 22.7 Å². The van der Waals surface area contributed by atoms with E-state index in [0.29, 0.717) is 6.67 Å². The fraction of sp³-hybridized carbons (Fsp3) is 0.100. The molecular formula is C10H7N3WY-2. The molecule has 0 saturated heterocycles. The molecule has 1 aromatic carbocycles. The summed E-state index contributed by atoms with van der Waals surface area (Å²) in [4.78, 5) is 3.98. The second kappa shape index (κ2) is 5.38. The van der Waals surface area contributed by atoms with E-state index in [0.717, 1.165) is 16.9 Å². The van der Waals surface area contributed by atoms with Gasteiger partial charge in [-0.15, -0.1) is 11.9 Å². The molecule has 2 aromatic rings. The van der Waals surface area contributed by atoms with Gasteiger partial charge in [0.05, 0.1) is 0 Å². The summed E-state index contributed by atoms with van der Waals surface area (Å²) in [5.41, 5.74) is 3.29. The Labute approximate surface area is 128 Å². The Hall–Kier alpha value is 0.0222. The monoisotopic (exact) mass is 442 g/mol. The van der Waals surface area contributed by atoms with Crippen molar-refractivity contribution in [1.82, 2.24) is 9.55 Å². The summed E-state index contributed by atoms with van der Waals surface area (Å²) in [6.07, 6.45) is 4.70. The topological polar surface area (TPSA) is 31.9 Å². The summed E-state index contributed by atoms with van der Waals surface area (Å²) in [6, 6.07) is 8.08. The minimum Gasteiger partial charge on any atom is -0.670 e. The summed E-state index contributed by atoms with van der Waals surface area (Å²) >= 11 is 0. The van der Waals surface area contributed by atoms with E-state index >= 15 is 0 Å². The standard InChI is InChI=1S/C10H7N3.W.Y/c1-2-4-9-8(3-1)10-5-11-6-13(10)7-12-9;;/h1-5H,7H2;;/q-2;;. The molecule has 1 aliphatic heterocycles. The van der Waals surface area contributed by atoms with Crippen LogP contribution in [0.25, 0.3) is 16.6 Å². The molecule has 0 atom stereocenters. The number of imidazole rings is 1. The molecule has 0 saturated carbocycles. The van der Waals surface area contributed by atoms with Gasteiger partial charge in [-0.05, 0) is 6.33 Å². The summed E-state index contributed by atoms with van der Waals surface area (Å²) in [7, 11) is 0. The number of benzene rings is 1. The van der Waals surface area contributed by atoms with Crippen LogP contribution in [0.3, 0.4) is 0 Å². The van der Waals surface area contributed by atoms with Gasteiger partial charge in [0.1, 0.15) is 0 Å². The molecule has 0 bridgehead atoms. The van der Waals surface area contributed by atoms with Gasteiger partial charge in [-0.3, -0.25) is 0 Å². The average molecular weight is 442 g/mol. The smallest absolute Gasteiger partial charge is 0 e. The van der Waals surface area contributed by atoms with Crippen molar-refractivity contribution in [3.05, 3.63) is 42.1 Å². The fourth-order valence-corrected chi connectivity index (χ4v) is 1.58. The fourth-order valence-electron chi connectivity index (χ4n) is 1.58. The van der Waals surface area contributed by atoms with Crippen molar-refractivity contribution >= 4 is 5.69 Å². The molecule has 0 fully saturated rings. The maximum Gasteiger partial charge on any atom is 0 e. The predicted octanol–water partition coefficient (Wildman–Crippen LogP) is 2.32. The molecule has 0 unspecified atom stereocenters. The van der Waals surface area contributed by atoms with E-state index in [4.69, 9.17) is 0 Å². The quantitative estimate of drug-likeness (QED) is 0.577. The van der Waals surface area contributed by atoms with Gasteiger partial charge in [-0.1, -0.05) is 42.2 Å². The van der Waals surface area contributed by atoms with Crippen molar-refractivity contribution in [1.29, 1.82) is 0 Å². The predicted molar refractivity (Wildman–Crippen MR) is 49.5 cm³/mol. The van der Waals surface area contributed by atoms with E-state index in [1.165, 1.54) is 0 Å². The van der Waals surface area contributed by atoms with Crippen LogP contribution in [0.5, 0.6) is 0 Å². The molecule has 15 heavy (non-hydrogen) atoms. The summed E-state index contributed by atoms with van der Waals surface area (Å²) in [5, 5.41) is 4.40. The molecule has 73 valence electrons. The summed E-state index contributed by atoms with van der Waals surface area (Å²) in [6.45, 7) is 0.631. The first-order valence-electron chi connectivity index (χ1n) is 4.15. The first-order valence-corrected chi connectivity index (χ1v) is 4.15. The molecule has 3 nitrogen and oxygen atoms in total. The zero-order valence-corrected chi connectivity index (χ0v) is 13.7. The molecule has 0 amide bonds. The molecular weight excluding hydrogens is 435 g/mol. The second-order valence-corrected chi connectivity index (χ2v) is 2.99. The Balaban J connectivity index is 0.000000562. The van der Waals surface area contributed by atoms with E-state index < -0.39 is 0 Å². The van der Waals surface area contributed by atoms with Crippen LogP contribution in [-0.2, 0) is 60.4 Å². The third-order valence-corrected chi connectivity index (χ3v) is 2.22. The van der Waals surface area contributed by atoms with Crippen LogP contribution in [0, 0.1) is 6.33 Å². The van der Waals surface area contributed by atoms with Crippen molar-refractivity contribution in [3.8, 4) is 11.3 Å². The van der Waals surface area contributed by atoms with E-state index in [1.807, 2.05) is 29.0 Å². The molecule has 0 spiro atoms. The van der Waals surface area contributed by atoms with Gasteiger partial charge in [0, 0.05) is 53.8 Å². The second-order valence-electron chi connectivity index (χ2n) is 2.99. The summed E-state index contributed by atoms with van der Waals surface area (Å²) in [5.74, 6) is 0. The van der Waals surface area contributed by atoms with Gasteiger partial charge in [0.15, 0.2) is 0 Å². The van der Waals surface area contributed by atoms with Gasteiger partial charge >= 0.3 is 0 Å². The van der Waals surface area contributed by atoms with Crippen LogP contribution in [-0.4, -0.2) is 9.55 Å². The number of fused-ring (bicyclic) bond motifs is 3. The molecule has 2 heterocycles. The van der Waals surface area contributed by atoms with Crippen molar-refractivity contribution in [2.45, 2.75) is 6.67 Å². The van der Waals surface area contributed by atoms with E-state index in [-0.39, 0.29) is 53.8 Å². The number of hydrogen-bond acceptors (Lipinski definition) is 1. The van der Waals surface area contributed by atoms with Crippen LogP contribution < -0.4 is 0 Å². The van der Waals surface area contributed by atoms with Crippen molar-refractivity contribution in [2.24, 2.45) is 0 Å². The number of aromatic nitrogens is 2. The van der Waals surface area contributed by atoms with Crippen LogP contribution >= 0.6 is 0 Å². The summed E-state index contributed by atoms with van der Waals surface area (Å²) < 4.78 is 1.92. The first-order chi connectivity index (χ1) is 6.45. The third-order valence-electron chi connectivity index (χ3n) is 2.22. The molecule has 3 rings (SSSR count). The normalized spacial score (nSPS) is 11.2. The minimum atomic E-state index is 0. The Bertz CT molecular complexity index is 455. The SMILES string of the molecule is [W].[Y].[c-]1ncc2n1C[N-]c1ccccc1-2. The first kappa shape index (κ1) is 13.1. The average Bonchev–Trinajstić information content (AvgIpc) is 2.65. The minimum absolute atomic E-state index is 0. The molecule has 1 radical (unpaired) electrons. The van der Waals surface area contributed by atoms with Crippen LogP contribution in [0.4, 0.5) is 5.69 Å². The molecule has 0 N–H and O–H groups in total. The Kier molecular flexibility index (Phi) is 4.70. The Morgan fingerprint density at radius 2 is 2.13 bits per heavy atom. The molecule has 5 heteroatoms. The Morgan fingerprint density at radius 3 is 3.00 bits per heavy atom. The maximum absolute atomic E-state index is 4.40. The number of rotatable bonds is 0. The molecule has 1 aromatic heterocycles. The number of hydrogen-bond donors (Lipinski definition) is 0. The van der Waals surface area contributed by atoms with E-state index in [1.54, 1.807) is 0 Å². The third kappa shape index (κ3) is 2.25. The Morgan fingerprint density at radius 1 is 1.33 bits per heavy atom. The van der Waals surface area contributed by atoms with E-state index in [9.17, 15) is 0 Å². The van der Waals surface area contributed by atoms with Crippen molar-refractivity contribution in [2.75, 3.05) is 0 Å². The van der Waals surface area contributed by atoms with Crippen LogP contribution in [0.1, 0.15) is 0 Å². The van der Waals surface area contributed by atoms with Gasteiger partial charge < -0.3 is 14.9 Å². The molecule has 1 aliphatic rings. The zero-order valence-electron chi connectivity index (χ0n) is 7.92. The largest absolute Gasteiger partial charge is 0.670 e. The van der Waals surface area contributed by atoms with Gasteiger partial charge in [-0.2, -0.15) is 0 Å². The molecule has 0 aliphatic carbocycles. The van der Waals surface area contributed by atoms with Crippen LogP contribution in [0.15, 0.2) is 30.5 Å².